The van der Waals surface area contributed by atoms with Gasteiger partial charge in [-0.1, -0.05) is 29.2 Å². The molecule has 7 nitrogen and oxygen atoms in total. The number of nitrogens with zero attached hydrogens (tertiary/aromatic N) is 2. The Balaban J connectivity index is 1.94. The number of aromatic nitrogens is 2. The maximum atomic E-state index is 13.1. The number of urea groups is 1. The molecule has 0 aliphatic rings. The third kappa shape index (κ3) is 5.18. The molecule has 1 aromatic heterocycles. The number of thioether (sulfide) groups is 1. The van der Waals surface area contributed by atoms with E-state index < -0.39 is 17.2 Å². The van der Waals surface area contributed by atoms with Gasteiger partial charge in [0.05, 0.1) is 5.25 Å². The standard InChI is InChI=1S/C13H14FN5O2S2/c1-7(10(20)17-11(21)15-2)22-13-19-18-12(23-13)16-9-5-3-4-8(14)6-9/h3-7H,1-2H3,(H,16,18)(H2,15,17,20,21)/t7-/m0/s1. The van der Waals surface area contributed by atoms with E-state index in [1.54, 1.807) is 19.1 Å². The Morgan fingerprint density at radius 2 is 2.13 bits per heavy atom. The van der Waals surface area contributed by atoms with Crippen molar-refractivity contribution in [2.24, 2.45) is 0 Å². The Morgan fingerprint density at radius 1 is 1.35 bits per heavy atom. The van der Waals surface area contributed by atoms with Crippen molar-refractivity contribution in [3.05, 3.63) is 30.1 Å². The number of hydrogen-bond acceptors (Lipinski definition) is 7. The van der Waals surface area contributed by atoms with Gasteiger partial charge in [-0.25, -0.2) is 9.18 Å². The van der Waals surface area contributed by atoms with Crippen molar-refractivity contribution in [2.75, 3.05) is 12.4 Å². The van der Waals surface area contributed by atoms with E-state index in [-0.39, 0.29) is 5.82 Å². The van der Waals surface area contributed by atoms with Gasteiger partial charge in [0.15, 0.2) is 4.34 Å². The number of anilines is 2. The summed E-state index contributed by atoms with van der Waals surface area (Å²) in [5, 5.41) is 15.3. The van der Waals surface area contributed by atoms with E-state index in [0.717, 1.165) is 0 Å². The molecule has 0 spiro atoms. The summed E-state index contributed by atoms with van der Waals surface area (Å²) in [6.07, 6.45) is 0. The highest BCUT2D eigenvalue weighted by atomic mass is 32.2. The summed E-state index contributed by atoms with van der Waals surface area (Å²) < 4.78 is 13.7. The smallest absolute Gasteiger partial charge is 0.321 e. The van der Waals surface area contributed by atoms with E-state index in [2.05, 4.69) is 26.1 Å². The maximum Gasteiger partial charge on any atom is 0.321 e. The van der Waals surface area contributed by atoms with Gasteiger partial charge < -0.3 is 10.6 Å². The van der Waals surface area contributed by atoms with Gasteiger partial charge in [0.2, 0.25) is 11.0 Å². The predicted octanol–water partition coefficient (Wildman–Crippen LogP) is 2.36. The summed E-state index contributed by atoms with van der Waals surface area (Å²) in [7, 11) is 1.43. The monoisotopic (exact) mass is 355 g/mol. The van der Waals surface area contributed by atoms with Crippen LogP contribution in [-0.4, -0.2) is 34.4 Å². The average Bonchev–Trinajstić information content (AvgIpc) is 2.94. The summed E-state index contributed by atoms with van der Waals surface area (Å²) in [6, 6.07) is 5.41. The van der Waals surface area contributed by atoms with Crippen molar-refractivity contribution < 1.29 is 14.0 Å². The SMILES string of the molecule is CNC(=O)NC(=O)[C@H](C)Sc1nnc(Nc2cccc(F)c2)s1. The maximum absolute atomic E-state index is 13.1. The lowest BCUT2D eigenvalue weighted by Crippen LogP contribution is -2.41. The number of nitrogens with one attached hydrogen (secondary N) is 3. The van der Waals surface area contributed by atoms with Gasteiger partial charge in [0.1, 0.15) is 5.82 Å². The second-order valence-corrected chi connectivity index (χ2v) is 6.90. The first-order valence-electron chi connectivity index (χ1n) is 6.53. The summed E-state index contributed by atoms with van der Waals surface area (Å²) in [5.41, 5.74) is 0.558. The van der Waals surface area contributed by atoms with Gasteiger partial charge in [-0.15, -0.1) is 10.2 Å². The molecule has 2 aromatic rings. The zero-order valence-electron chi connectivity index (χ0n) is 12.3. The van der Waals surface area contributed by atoms with Crippen LogP contribution in [0.1, 0.15) is 6.92 Å². The van der Waals surface area contributed by atoms with Gasteiger partial charge in [0, 0.05) is 12.7 Å². The molecule has 2 rings (SSSR count). The molecule has 0 aliphatic carbocycles. The van der Waals surface area contributed by atoms with E-state index in [4.69, 9.17) is 0 Å². The van der Waals surface area contributed by atoms with Crippen LogP contribution in [0.25, 0.3) is 0 Å². The van der Waals surface area contributed by atoms with Crippen LogP contribution in [-0.2, 0) is 4.79 Å². The molecule has 0 saturated carbocycles. The van der Waals surface area contributed by atoms with E-state index in [1.165, 1.54) is 42.3 Å². The number of carbonyl (C=O) groups excluding carboxylic acids is 2. The first kappa shape index (κ1) is 17.2. The number of hydrogen-bond donors (Lipinski definition) is 3. The molecule has 0 aliphatic heterocycles. The highest BCUT2D eigenvalue weighted by molar-refractivity contribution is 8.02. The lowest BCUT2D eigenvalue weighted by Gasteiger charge is -2.08. The molecule has 0 radical (unpaired) electrons. The highest BCUT2D eigenvalue weighted by Gasteiger charge is 2.18. The van der Waals surface area contributed by atoms with Crippen molar-refractivity contribution in [1.29, 1.82) is 0 Å². The number of imide groups is 1. The van der Waals surface area contributed by atoms with Crippen molar-refractivity contribution in [1.82, 2.24) is 20.8 Å². The molecular weight excluding hydrogens is 341 g/mol. The molecule has 0 fully saturated rings. The number of carbonyl (C=O) groups is 2. The largest absolute Gasteiger partial charge is 0.341 e. The minimum Gasteiger partial charge on any atom is -0.341 e. The molecular formula is C13H14FN5O2S2. The van der Waals surface area contributed by atoms with Crippen LogP contribution in [0.4, 0.5) is 20.0 Å². The Bertz CT molecular complexity index is 709. The van der Waals surface area contributed by atoms with Crippen LogP contribution in [0, 0.1) is 5.82 Å². The number of rotatable bonds is 5. The average molecular weight is 355 g/mol. The second kappa shape index (κ2) is 7.88. The van der Waals surface area contributed by atoms with E-state index in [9.17, 15) is 14.0 Å². The number of amides is 3. The Hall–Kier alpha value is -2.20. The second-order valence-electron chi connectivity index (χ2n) is 4.34. The number of halogens is 1. The molecule has 1 atom stereocenters. The number of benzene rings is 1. The first-order valence-corrected chi connectivity index (χ1v) is 8.23. The van der Waals surface area contributed by atoms with E-state index in [1.807, 2.05) is 0 Å². The lowest BCUT2D eigenvalue weighted by atomic mass is 10.3. The lowest BCUT2D eigenvalue weighted by molar-refractivity contribution is -0.119. The zero-order chi connectivity index (χ0) is 16.8. The fourth-order valence-corrected chi connectivity index (χ4v) is 3.39. The minimum atomic E-state index is -0.562. The molecule has 23 heavy (non-hydrogen) atoms. The molecule has 0 saturated heterocycles. The highest BCUT2D eigenvalue weighted by Crippen LogP contribution is 2.30. The van der Waals surface area contributed by atoms with Crippen LogP contribution in [0.3, 0.4) is 0 Å². The molecule has 122 valence electrons. The molecule has 1 aromatic carbocycles. The zero-order valence-corrected chi connectivity index (χ0v) is 13.9. The van der Waals surface area contributed by atoms with Gasteiger partial charge in [-0.05, 0) is 25.1 Å². The van der Waals surface area contributed by atoms with Crippen molar-refractivity contribution in [2.45, 2.75) is 16.5 Å². The van der Waals surface area contributed by atoms with Crippen LogP contribution < -0.4 is 16.0 Å². The summed E-state index contributed by atoms with van der Waals surface area (Å²) >= 11 is 2.41. The quantitative estimate of drug-likeness (QED) is 0.713. The van der Waals surface area contributed by atoms with Crippen molar-refractivity contribution in [3.8, 4) is 0 Å². The normalized spacial score (nSPS) is 11.6. The predicted molar refractivity (Wildman–Crippen MR) is 87.5 cm³/mol. The molecule has 1 heterocycles. The van der Waals surface area contributed by atoms with Crippen LogP contribution in [0.5, 0.6) is 0 Å². The third-order valence-corrected chi connectivity index (χ3v) is 4.62. The fourth-order valence-electron chi connectivity index (χ4n) is 1.48. The van der Waals surface area contributed by atoms with Crippen molar-refractivity contribution in [3.63, 3.8) is 0 Å². The topological polar surface area (TPSA) is 96.0 Å². The summed E-state index contributed by atoms with van der Waals surface area (Å²) in [5.74, 6) is -0.780. The molecule has 0 unspecified atom stereocenters. The van der Waals surface area contributed by atoms with Crippen LogP contribution >= 0.6 is 23.1 Å². The van der Waals surface area contributed by atoms with Gasteiger partial charge in [-0.3, -0.25) is 10.1 Å². The molecule has 0 bridgehead atoms. The molecule has 10 heteroatoms. The van der Waals surface area contributed by atoms with Gasteiger partial charge in [0.25, 0.3) is 0 Å². The molecule has 3 amide bonds. The van der Waals surface area contributed by atoms with Gasteiger partial charge in [-0.2, -0.15) is 0 Å². The van der Waals surface area contributed by atoms with Crippen LogP contribution in [0.15, 0.2) is 28.6 Å². The Kier molecular flexibility index (Phi) is 5.88. The van der Waals surface area contributed by atoms with E-state index >= 15 is 0 Å². The van der Waals surface area contributed by atoms with Crippen molar-refractivity contribution >= 4 is 45.9 Å². The van der Waals surface area contributed by atoms with Gasteiger partial charge >= 0.3 is 6.03 Å². The molecule has 3 N–H and O–H groups in total. The summed E-state index contributed by atoms with van der Waals surface area (Å²) in [4.78, 5) is 22.9. The third-order valence-electron chi connectivity index (χ3n) is 2.59. The first-order chi connectivity index (χ1) is 11.0. The summed E-state index contributed by atoms with van der Waals surface area (Å²) in [6.45, 7) is 1.66. The van der Waals surface area contributed by atoms with Crippen LogP contribution in [0.2, 0.25) is 0 Å². The minimum absolute atomic E-state index is 0.353. The Morgan fingerprint density at radius 3 is 2.83 bits per heavy atom. The fraction of sp³-hybridized carbons (Fsp3) is 0.231. The Labute approximate surface area is 140 Å². The van der Waals surface area contributed by atoms with E-state index in [0.29, 0.717) is 15.2 Å².